The van der Waals surface area contributed by atoms with Crippen LogP contribution in [0.25, 0.3) is 0 Å². The molecule has 0 atom stereocenters. The summed E-state index contributed by atoms with van der Waals surface area (Å²) < 4.78 is 0. The second kappa shape index (κ2) is 6.76. The van der Waals surface area contributed by atoms with Gasteiger partial charge in [0, 0.05) is 11.4 Å². The summed E-state index contributed by atoms with van der Waals surface area (Å²) in [5, 5.41) is 2.76. The maximum absolute atomic E-state index is 12.5. The molecular formula is C19H19N3O3. The summed E-state index contributed by atoms with van der Waals surface area (Å²) >= 11 is 0. The number of nitrogens with zero attached hydrogens (tertiary/aromatic N) is 2. The number of urea groups is 1. The zero-order valence-electron chi connectivity index (χ0n) is 14.2. The van der Waals surface area contributed by atoms with Gasteiger partial charge in [-0.2, -0.15) is 0 Å². The fraction of sp³-hybridized carbons (Fsp3) is 0.211. The van der Waals surface area contributed by atoms with Crippen LogP contribution in [-0.4, -0.2) is 35.8 Å². The highest BCUT2D eigenvalue weighted by atomic mass is 16.2. The Morgan fingerprint density at radius 3 is 2.48 bits per heavy atom. The van der Waals surface area contributed by atoms with Gasteiger partial charge in [0.05, 0.1) is 0 Å². The Morgan fingerprint density at radius 1 is 1.08 bits per heavy atom. The van der Waals surface area contributed by atoms with Crippen LogP contribution in [0.2, 0.25) is 0 Å². The van der Waals surface area contributed by atoms with Gasteiger partial charge in [0.15, 0.2) is 0 Å². The summed E-state index contributed by atoms with van der Waals surface area (Å²) in [5.74, 6) is -0.784. The van der Waals surface area contributed by atoms with Crippen LogP contribution in [0.3, 0.4) is 0 Å². The van der Waals surface area contributed by atoms with Gasteiger partial charge in [-0.1, -0.05) is 35.9 Å². The summed E-state index contributed by atoms with van der Waals surface area (Å²) in [5.41, 5.74) is 3.34. The highest BCUT2D eigenvalue weighted by Crippen LogP contribution is 2.21. The number of aryl methyl sites for hydroxylation is 2. The number of para-hydroxylation sites is 1. The molecule has 0 aromatic heterocycles. The van der Waals surface area contributed by atoms with E-state index in [0.29, 0.717) is 11.4 Å². The number of imide groups is 1. The molecular weight excluding hydrogens is 318 g/mol. The van der Waals surface area contributed by atoms with Crippen molar-refractivity contribution < 1.29 is 14.4 Å². The number of amides is 4. The van der Waals surface area contributed by atoms with E-state index in [1.165, 1.54) is 4.90 Å². The number of anilines is 2. The largest absolute Gasteiger partial charge is 0.332 e. The third-order valence-corrected chi connectivity index (χ3v) is 4.08. The van der Waals surface area contributed by atoms with Crippen molar-refractivity contribution in [2.75, 3.05) is 23.3 Å². The van der Waals surface area contributed by atoms with Gasteiger partial charge in [0.2, 0.25) is 5.91 Å². The molecule has 0 spiro atoms. The van der Waals surface area contributed by atoms with Crippen molar-refractivity contribution in [2.45, 2.75) is 13.8 Å². The number of rotatable bonds is 4. The molecule has 6 nitrogen and oxygen atoms in total. The minimum Gasteiger partial charge on any atom is -0.324 e. The van der Waals surface area contributed by atoms with Crippen LogP contribution in [-0.2, 0) is 9.59 Å². The van der Waals surface area contributed by atoms with Crippen LogP contribution in [0.5, 0.6) is 0 Å². The van der Waals surface area contributed by atoms with Gasteiger partial charge < -0.3 is 5.32 Å². The van der Waals surface area contributed by atoms with E-state index in [1.807, 2.05) is 38.1 Å². The fourth-order valence-corrected chi connectivity index (χ4v) is 2.79. The van der Waals surface area contributed by atoms with Crippen molar-refractivity contribution in [1.29, 1.82) is 0 Å². The second-order valence-corrected chi connectivity index (χ2v) is 6.05. The highest BCUT2D eigenvalue weighted by Gasteiger charge is 2.37. The lowest BCUT2D eigenvalue weighted by atomic mass is 10.1. The summed E-state index contributed by atoms with van der Waals surface area (Å²) in [6.07, 6.45) is 0. The SMILES string of the molecule is Cc1ccc(NC(=O)CN2C(=O)CN(c3ccccc3)C2=O)c(C)c1. The predicted octanol–water partition coefficient (Wildman–Crippen LogP) is 2.71. The molecule has 1 saturated heterocycles. The predicted molar refractivity (Wildman–Crippen MR) is 95.4 cm³/mol. The molecule has 128 valence electrons. The molecule has 25 heavy (non-hydrogen) atoms. The summed E-state index contributed by atoms with van der Waals surface area (Å²) in [6, 6.07) is 14.1. The molecule has 1 N–H and O–H groups in total. The van der Waals surface area contributed by atoms with Crippen LogP contribution in [0.4, 0.5) is 16.2 Å². The topological polar surface area (TPSA) is 69.7 Å². The van der Waals surface area contributed by atoms with E-state index in [2.05, 4.69) is 5.32 Å². The minimum absolute atomic E-state index is 0.0559. The first-order chi connectivity index (χ1) is 12.0. The van der Waals surface area contributed by atoms with Gasteiger partial charge in [0.1, 0.15) is 13.1 Å². The lowest BCUT2D eigenvalue weighted by molar-refractivity contribution is -0.128. The van der Waals surface area contributed by atoms with Gasteiger partial charge >= 0.3 is 6.03 Å². The van der Waals surface area contributed by atoms with Crippen molar-refractivity contribution in [3.8, 4) is 0 Å². The van der Waals surface area contributed by atoms with E-state index >= 15 is 0 Å². The second-order valence-electron chi connectivity index (χ2n) is 6.05. The molecule has 0 unspecified atom stereocenters. The van der Waals surface area contributed by atoms with Gasteiger partial charge in [-0.3, -0.25) is 19.4 Å². The minimum atomic E-state index is -0.480. The van der Waals surface area contributed by atoms with E-state index in [1.54, 1.807) is 24.3 Å². The van der Waals surface area contributed by atoms with Crippen molar-refractivity contribution in [1.82, 2.24) is 4.90 Å². The Morgan fingerprint density at radius 2 is 1.80 bits per heavy atom. The molecule has 2 aromatic carbocycles. The molecule has 1 aliphatic heterocycles. The highest BCUT2D eigenvalue weighted by molar-refractivity contribution is 6.14. The first-order valence-electron chi connectivity index (χ1n) is 8.00. The summed E-state index contributed by atoms with van der Waals surface area (Å²) in [4.78, 5) is 39.2. The van der Waals surface area contributed by atoms with Crippen molar-refractivity contribution in [2.24, 2.45) is 0 Å². The third kappa shape index (κ3) is 3.52. The van der Waals surface area contributed by atoms with E-state index in [4.69, 9.17) is 0 Å². The Bertz CT molecular complexity index is 833. The zero-order chi connectivity index (χ0) is 18.0. The molecule has 6 heteroatoms. The van der Waals surface area contributed by atoms with Crippen LogP contribution >= 0.6 is 0 Å². The van der Waals surface area contributed by atoms with E-state index in [-0.39, 0.29) is 19.0 Å². The lowest BCUT2D eigenvalue weighted by Gasteiger charge is -2.17. The van der Waals surface area contributed by atoms with Crippen LogP contribution in [0.1, 0.15) is 11.1 Å². The van der Waals surface area contributed by atoms with E-state index in [9.17, 15) is 14.4 Å². The lowest BCUT2D eigenvalue weighted by Crippen LogP contribution is -2.39. The molecule has 0 saturated carbocycles. The van der Waals surface area contributed by atoms with Crippen molar-refractivity contribution in [3.63, 3.8) is 0 Å². The third-order valence-electron chi connectivity index (χ3n) is 4.08. The Kier molecular flexibility index (Phi) is 4.52. The Labute approximate surface area is 146 Å². The normalized spacial score (nSPS) is 14.2. The number of benzene rings is 2. The Hall–Kier alpha value is -3.15. The standard InChI is InChI=1S/C19H19N3O3/c1-13-8-9-16(14(2)10-13)20-17(23)11-22-18(24)12-21(19(22)25)15-6-4-3-5-7-15/h3-10H,11-12H2,1-2H3,(H,20,23). The Balaban J connectivity index is 1.69. The summed E-state index contributed by atoms with van der Waals surface area (Å²) in [7, 11) is 0. The average Bonchev–Trinajstić information content (AvgIpc) is 2.86. The number of carbonyl (C=O) groups excluding carboxylic acids is 3. The monoisotopic (exact) mass is 337 g/mol. The first-order valence-corrected chi connectivity index (χ1v) is 8.00. The van der Waals surface area contributed by atoms with E-state index in [0.717, 1.165) is 16.0 Å². The molecule has 0 aliphatic carbocycles. The van der Waals surface area contributed by atoms with Gasteiger partial charge in [-0.25, -0.2) is 4.79 Å². The van der Waals surface area contributed by atoms with Gasteiger partial charge in [-0.05, 0) is 37.6 Å². The maximum Gasteiger partial charge on any atom is 0.332 e. The van der Waals surface area contributed by atoms with Gasteiger partial charge in [-0.15, -0.1) is 0 Å². The van der Waals surface area contributed by atoms with Crippen LogP contribution in [0, 0.1) is 13.8 Å². The van der Waals surface area contributed by atoms with Crippen LogP contribution in [0.15, 0.2) is 48.5 Å². The summed E-state index contributed by atoms with van der Waals surface area (Å²) in [6.45, 7) is 3.51. The van der Waals surface area contributed by atoms with Gasteiger partial charge in [0.25, 0.3) is 5.91 Å². The molecule has 1 aliphatic rings. The first kappa shape index (κ1) is 16.7. The molecule has 2 aromatic rings. The zero-order valence-corrected chi connectivity index (χ0v) is 14.2. The molecule has 1 heterocycles. The number of hydrogen-bond acceptors (Lipinski definition) is 3. The fourth-order valence-electron chi connectivity index (χ4n) is 2.79. The number of nitrogens with one attached hydrogen (secondary N) is 1. The number of hydrogen-bond donors (Lipinski definition) is 1. The maximum atomic E-state index is 12.5. The molecule has 1 fully saturated rings. The quantitative estimate of drug-likeness (QED) is 0.872. The smallest absolute Gasteiger partial charge is 0.324 e. The van der Waals surface area contributed by atoms with Crippen molar-refractivity contribution >= 4 is 29.2 Å². The van der Waals surface area contributed by atoms with Crippen LogP contribution < -0.4 is 10.2 Å². The van der Waals surface area contributed by atoms with Crippen molar-refractivity contribution in [3.05, 3.63) is 59.7 Å². The number of carbonyl (C=O) groups is 3. The molecule has 3 rings (SSSR count). The van der Waals surface area contributed by atoms with E-state index < -0.39 is 11.9 Å². The molecule has 4 amide bonds. The molecule has 0 radical (unpaired) electrons. The molecule has 0 bridgehead atoms. The average molecular weight is 337 g/mol.